The normalized spacial score (nSPS) is 24.0. The number of aliphatic hydroxyl groups is 1. The molecular formula is C11H15BrOS2. The van der Waals surface area contributed by atoms with E-state index in [4.69, 9.17) is 0 Å². The Morgan fingerprint density at radius 1 is 1.47 bits per heavy atom. The molecule has 4 heteroatoms. The van der Waals surface area contributed by atoms with Gasteiger partial charge in [-0.25, -0.2) is 0 Å². The molecule has 2 rings (SSSR count). The van der Waals surface area contributed by atoms with Gasteiger partial charge in [0.1, 0.15) is 0 Å². The Bertz CT molecular complexity index is 307. The van der Waals surface area contributed by atoms with Gasteiger partial charge in [-0.3, -0.25) is 0 Å². The van der Waals surface area contributed by atoms with E-state index in [2.05, 4.69) is 28.1 Å². The molecule has 2 atom stereocenters. The lowest BCUT2D eigenvalue weighted by molar-refractivity contribution is 0.167. The Hall–Kier alpha value is 0.490. The zero-order valence-corrected chi connectivity index (χ0v) is 11.7. The van der Waals surface area contributed by atoms with E-state index >= 15 is 0 Å². The van der Waals surface area contributed by atoms with E-state index in [0.717, 1.165) is 10.2 Å². The van der Waals surface area contributed by atoms with Crippen molar-refractivity contribution in [2.24, 2.45) is 0 Å². The highest BCUT2D eigenvalue weighted by atomic mass is 79.9. The summed E-state index contributed by atoms with van der Waals surface area (Å²) in [4.78, 5) is 1.28. The molecule has 0 saturated carbocycles. The Morgan fingerprint density at radius 2 is 2.33 bits per heavy atom. The molecule has 84 valence electrons. The lowest BCUT2D eigenvalue weighted by Crippen LogP contribution is -2.27. The molecule has 1 aliphatic rings. The fraction of sp³-hybridized carbons (Fsp3) is 0.636. The number of halogens is 1. The maximum atomic E-state index is 10.1. The zero-order valence-electron chi connectivity index (χ0n) is 8.49. The van der Waals surface area contributed by atoms with Crippen molar-refractivity contribution in [2.75, 3.05) is 5.75 Å². The van der Waals surface area contributed by atoms with Crippen LogP contribution in [-0.2, 0) is 6.42 Å². The standard InChI is InChI=1S/C11H15BrOS2/c12-11-5-4-8(15-11)7-9(13)10-3-1-2-6-14-10/h4-5,9-10,13H,1-3,6-7H2. The lowest BCUT2D eigenvalue weighted by atomic mass is 10.1. The molecule has 2 unspecified atom stereocenters. The van der Waals surface area contributed by atoms with E-state index in [0.29, 0.717) is 5.25 Å². The third kappa shape index (κ3) is 3.48. The smallest absolute Gasteiger partial charge is 0.0706 e. The van der Waals surface area contributed by atoms with Crippen LogP contribution < -0.4 is 0 Å². The SMILES string of the molecule is OC(Cc1ccc(Br)s1)C1CCCCS1. The lowest BCUT2D eigenvalue weighted by Gasteiger charge is -2.25. The van der Waals surface area contributed by atoms with Crippen LogP contribution in [0.25, 0.3) is 0 Å². The first kappa shape index (κ1) is 12.0. The molecule has 2 heterocycles. The van der Waals surface area contributed by atoms with Crippen molar-refractivity contribution < 1.29 is 5.11 Å². The Morgan fingerprint density at radius 3 is 2.93 bits per heavy atom. The van der Waals surface area contributed by atoms with Gasteiger partial charge in [0.15, 0.2) is 0 Å². The summed E-state index contributed by atoms with van der Waals surface area (Å²) in [6, 6.07) is 4.16. The van der Waals surface area contributed by atoms with Gasteiger partial charge in [0.2, 0.25) is 0 Å². The molecule has 1 nitrogen and oxygen atoms in total. The molecule has 0 radical (unpaired) electrons. The number of aliphatic hydroxyl groups excluding tert-OH is 1. The first-order chi connectivity index (χ1) is 7.25. The fourth-order valence-electron chi connectivity index (χ4n) is 1.87. The highest BCUT2D eigenvalue weighted by Crippen LogP contribution is 2.30. The topological polar surface area (TPSA) is 20.2 Å². The molecule has 1 fully saturated rings. The van der Waals surface area contributed by atoms with Gasteiger partial charge >= 0.3 is 0 Å². The molecule has 1 N–H and O–H groups in total. The molecule has 0 aliphatic carbocycles. The average Bonchev–Trinajstić information content (AvgIpc) is 2.65. The van der Waals surface area contributed by atoms with Crippen LogP contribution in [0.2, 0.25) is 0 Å². The van der Waals surface area contributed by atoms with Crippen molar-refractivity contribution in [2.45, 2.75) is 37.0 Å². The van der Waals surface area contributed by atoms with Crippen LogP contribution in [0.3, 0.4) is 0 Å². The quantitative estimate of drug-likeness (QED) is 0.919. The zero-order chi connectivity index (χ0) is 10.7. The van der Waals surface area contributed by atoms with Gasteiger partial charge in [-0.15, -0.1) is 11.3 Å². The average molecular weight is 307 g/mol. The number of rotatable bonds is 3. The summed E-state index contributed by atoms with van der Waals surface area (Å²) in [5, 5.41) is 10.6. The summed E-state index contributed by atoms with van der Waals surface area (Å²) in [6.07, 6.45) is 4.43. The minimum atomic E-state index is -0.166. The number of thiophene rings is 1. The van der Waals surface area contributed by atoms with E-state index in [9.17, 15) is 5.11 Å². The predicted molar refractivity (Wildman–Crippen MR) is 71.8 cm³/mol. The van der Waals surface area contributed by atoms with Gasteiger partial charge in [0.25, 0.3) is 0 Å². The minimum absolute atomic E-state index is 0.166. The van der Waals surface area contributed by atoms with E-state index in [1.165, 1.54) is 29.9 Å². The third-order valence-electron chi connectivity index (χ3n) is 2.68. The van der Waals surface area contributed by atoms with Crippen molar-refractivity contribution in [1.82, 2.24) is 0 Å². The molecule has 0 aromatic carbocycles. The van der Waals surface area contributed by atoms with Gasteiger partial charge in [-0.05, 0) is 46.7 Å². The van der Waals surface area contributed by atoms with E-state index in [-0.39, 0.29) is 6.10 Å². The first-order valence-corrected chi connectivity index (χ1v) is 7.95. The summed E-state index contributed by atoms with van der Waals surface area (Å²) >= 11 is 7.12. The summed E-state index contributed by atoms with van der Waals surface area (Å²) in [5.74, 6) is 1.22. The summed E-state index contributed by atoms with van der Waals surface area (Å²) in [6.45, 7) is 0. The molecule has 0 spiro atoms. The molecule has 1 saturated heterocycles. The second kappa shape index (κ2) is 5.71. The monoisotopic (exact) mass is 306 g/mol. The maximum Gasteiger partial charge on any atom is 0.0706 e. The highest BCUT2D eigenvalue weighted by molar-refractivity contribution is 9.11. The van der Waals surface area contributed by atoms with Crippen LogP contribution in [0.4, 0.5) is 0 Å². The van der Waals surface area contributed by atoms with Gasteiger partial charge in [0.05, 0.1) is 9.89 Å². The van der Waals surface area contributed by atoms with E-state index < -0.39 is 0 Å². The Balaban J connectivity index is 1.88. The van der Waals surface area contributed by atoms with Gasteiger partial charge in [-0.1, -0.05) is 6.42 Å². The first-order valence-electron chi connectivity index (χ1n) is 5.29. The summed E-state index contributed by atoms with van der Waals surface area (Å²) in [5.41, 5.74) is 0. The number of hydrogen-bond acceptors (Lipinski definition) is 3. The van der Waals surface area contributed by atoms with Crippen LogP contribution in [0.15, 0.2) is 15.9 Å². The predicted octanol–water partition coefficient (Wildman–Crippen LogP) is 3.70. The largest absolute Gasteiger partial charge is 0.392 e. The van der Waals surface area contributed by atoms with Gasteiger partial charge in [0, 0.05) is 16.5 Å². The van der Waals surface area contributed by atoms with Crippen molar-refractivity contribution in [3.63, 3.8) is 0 Å². The second-order valence-corrected chi connectivity index (χ2v) is 7.78. The van der Waals surface area contributed by atoms with Crippen molar-refractivity contribution in [1.29, 1.82) is 0 Å². The van der Waals surface area contributed by atoms with Gasteiger partial charge in [-0.2, -0.15) is 11.8 Å². The van der Waals surface area contributed by atoms with Crippen molar-refractivity contribution >= 4 is 39.0 Å². The molecule has 0 bridgehead atoms. The van der Waals surface area contributed by atoms with Crippen LogP contribution in [0.1, 0.15) is 24.1 Å². The van der Waals surface area contributed by atoms with Crippen molar-refractivity contribution in [3.8, 4) is 0 Å². The van der Waals surface area contributed by atoms with E-state index in [1.54, 1.807) is 11.3 Å². The molecule has 15 heavy (non-hydrogen) atoms. The van der Waals surface area contributed by atoms with Crippen molar-refractivity contribution in [3.05, 3.63) is 20.8 Å². The molecule has 0 amide bonds. The van der Waals surface area contributed by atoms with Crippen LogP contribution in [0, 0.1) is 0 Å². The maximum absolute atomic E-state index is 10.1. The Kier molecular flexibility index (Phi) is 4.55. The molecule has 1 aliphatic heterocycles. The van der Waals surface area contributed by atoms with Gasteiger partial charge < -0.3 is 5.11 Å². The fourth-order valence-corrected chi connectivity index (χ4v) is 4.73. The second-order valence-electron chi connectivity index (χ2n) is 3.88. The molecular weight excluding hydrogens is 292 g/mol. The minimum Gasteiger partial charge on any atom is -0.392 e. The molecule has 1 aromatic rings. The third-order valence-corrected chi connectivity index (χ3v) is 5.83. The summed E-state index contributed by atoms with van der Waals surface area (Å²) in [7, 11) is 0. The highest BCUT2D eigenvalue weighted by Gasteiger charge is 2.22. The summed E-state index contributed by atoms with van der Waals surface area (Å²) < 4.78 is 1.15. The van der Waals surface area contributed by atoms with Crippen LogP contribution in [-0.4, -0.2) is 22.2 Å². The number of hydrogen-bond donors (Lipinski definition) is 1. The Labute approximate surface area is 107 Å². The molecule has 1 aromatic heterocycles. The van der Waals surface area contributed by atoms with Crippen LogP contribution >= 0.6 is 39.0 Å². The van der Waals surface area contributed by atoms with E-state index in [1.807, 2.05) is 11.8 Å². The number of thioether (sulfide) groups is 1. The van der Waals surface area contributed by atoms with Crippen LogP contribution in [0.5, 0.6) is 0 Å².